The van der Waals surface area contributed by atoms with Crippen LogP contribution in [-0.2, 0) is 5.41 Å². The molecule has 4 heteroatoms. The maximum atomic E-state index is 5.52. The van der Waals surface area contributed by atoms with Crippen molar-refractivity contribution in [2.45, 2.75) is 19.3 Å². The fraction of sp³-hybridized carbons (Fsp3) is 0.0638. The molecule has 51 heavy (non-hydrogen) atoms. The third-order valence-electron chi connectivity index (χ3n) is 11.0. The van der Waals surface area contributed by atoms with E-state index in [0.717, 1.165) is 37.9 Å². The zero-order valence-corrected chi connectivity index (χ0v) is 29.0. The van der Waals surface area contributed by atoms with Gasteiger partial charge in [0.05, 0.1) is 26.9 Å². The Kier molecular flexibility index (Phi) is 5.89. The molecule has 0 radical (unpaired) electrons. The summed E-state index contributed by atoms with van der Waals surface area (Å²) >= 11 is 1.77. The van der Waals surface area contributed by atoms with Crippen LogP contribution >= 0.6 is 11.3 Å². The SMILES string of the molecule is CC1(C)c2ccccc2-c2ccc(-c3cccc4c5ccc6ccccc6c5n(-c5nc(-c6ccccc6)c6sc7ccccc7c6n5)c34)cc21. The van der Waals surface area contributed by atoms with Crippen molar-refractivity contribution in [2.75, 3.05) is 0 Å². The van der Waals surface area contributed by atoms with Crippen molar-refractivity contribution in [3.8, 4) is 39.5 Å². The molecule has 0 saturated carbocycles. The number of rotatable bonds is 3. The first-order valence-corrected chi connectivity index (χ1v) is 18.3. The minimum Gasteiger partial charge on any atom is -0.277 e. The van der Waals surface area contributed by atoms with Gasteiger partial charge in [-0.3, -0.25) is 4.57 Å². The van der Waals surface area contributed by atoms with Gasteiger partial charge in [0, 0.05) is 42.8 Å². The monoisotopic (exact) mass is 669 g/mol. The van der Waals surface area contributed by atoms with Gasteiger partial charge in [0.1, 0.15) is 0 Å². The Labute approximate surface area is 299 Å². The smallest absolute Gasteiger partial charge is 0.235 e. The van der Waals surface area contributed by atoms with E-state index in [4.69, 9.17) is 9.97 Å². The molecule has 0 bridgehead atoms. The van der Waals surface area contributed by atoms with Gasteiger partial charge in [-0.1, -0.05) is 153 Å². The third-order valence-corrected chi connectivity index (χ3v) is 12.2. The lowest BCUT2D eigenvalue weighted by Gasteiger charge is -2.22. The van der Waals surface area contributed by atoms with Gasteiger partial charge in [-0.2, -0.15) is 0 Å². The fourth-order valence-corrected chi connectivity index (χ4v) is 9.76. The highest BCUT2D eigenvalue weighted by Crippen LogP contribution is 2.50. The number of hydrogen-bond donors (Lipinski definition) is 0. The standard InChI is InChI=1S/C47H31N3S/c1-47(2)38-21-10-8-17-33(38)34-25-24-30(27-39(34)47)32-19-12-20-35-36-26-23-28-13-6-7-16-31(28)43(36)50(44(32)35)46-48-41(29-14-4-3-5-15-29)45-42(49-46)37-18-9-11-22-40(37)51-45/h3-27H,1-2H3. The Bertz CT molecular complexity index is 3060. The van der Waals surface area contributed by atoms with Gasteiger partial charge in [0.15, 0.2) is 0 Å². The van der Waals surface area contributed by atoms with Gasteiger partial charge >= 0.3 is 0 Å². The second-order valence-corrected chi connectivity index (χ2v) is 15.2. The van der Waals surface area contributed by atoms with E-state index in [0.29, 0.717) is 5.95 Å². The second kappa shape index (κ2) is 10.5. The molecule has 0 amide bonds. The largest absolute Gasteiger partial charge is 0.277 e. The van der Waals surface area contributed by atoms with Crippen LogP contribution in [-0.4, -0.2) is 14.5 Å². The van der Waals surface area contributed by atoms with Gasteiger partial charge in [0.2, 0.25) is 5.95 Å². The fourth-order valence-electron chi connectivity index (χ4n) is 8.60. The van der Waals surface area contributed by atoms with E-state index < -0.39 is 0 Å². The van der Waals surface area contributed by atoms with E-state index in [1.54, 1.807) is 11.3 Å². The van der Waals surface area contributed by atoms with Crippen LogP contribution < -0.4 is 0 Å². The number of nitrogens with zero attached hydrogens (tertiary/aromatic N) is 3. The molecule has 1 aliphatic rings. The Hall–Kier alpha value is -6.10. The highest BCUT2D eigenvalue weighted by Gasteiger charge is 2.35. The second-order valence-electron chi connectivity index (χ2n) is 14.2. The molecule has 3 heterocycles. The Balaban J connectivity index is 1.28. The van der Waals surface area contributed by atoms with Crippen LogP contribution in [0.5, 0.6) is 0 Å². The molecule has 3 aromatic heterocycles. The summed E-state index contributed by atoms with van der Waals surface area (Å²) in [5, 5.41) is 5.92. The minimum atomic E-state index is -0.0997. The van der Waals surface area contributed by atoms with Crippen molar-refractivity contribution in [3.63, 3.8) is 0 Å². The predicted octanol–water partition coefficient (Wildman–Crippen LogP) is 12.7. The molecule has 0 atom stereocenters. The Morgan fingerprint density at radius 1 is 0.510 bits per heavy atom. The van der Waals surface area contributed by atoms with Crippen LogP contribution in [0.1, 0.15) is 25.0 Å². The number of thiophene rings is 1. The lowest BCUT2D eigenvalue weighted by molar-refractivity contribution is 0.660. The summed E-state index contributed by atoms with van der Waals surface area (Å²) in [6.07, 6.45) is 0. The summed E-state index contributed by atoms with van der Waals surface area (Å²) in [5.74, 6) is 0.683. The third kappa shape index (κ3) is 3.99. The van der Waals surface area contributed by atoms with Crippen LogP contribution in [0.15, 0.2) is 152 Å². The lowest BCUT2D eigenvalue weighted by atomic mass is 9.81. The summed E-state index contributed by atoms with van der Waals surface area (Å²) in [6, 6.07) is 55.0. The molecule has 11 rings (SSSR count). The first-order chi connectivity index (χ1) is 25.1. The zero-order chi connectivity index (χ0) is 33.8. The summed E-state index contributed by atoms with van der Waals surface area (Å²) in [4.78, 5) is 11.0. The van der Waals surface area contributed by atoms with Crippen molar-refractivity contribution in [1.29, 1.82) is 0 Å². The highest BCUT2D eigenvalue weighted by atomic mass is 32.1. The van der Waals surface area contributed by atoms with E-state index in [2.05, 4.69) is 170 Å². The molecule has 240 valence electrons. The molecule has 1 aliphatic carbocycles. The van der Waals surface area contributed by atoms with Gasteiger partial charge in [-0.05, 0) is 45.3 Å². The summed E-state index contributed by atoms with van der Waals surface area (Å²) < 4.78 is 4.68. The molecule has 0 fully saturated rings. The van der Waals surface area contributed by atoms with Gasteiger partial charge in [-0.15, -0.1) is 11.3 Å². The summed E-state index contributed by atoms with van der Waals surface area (Å²) in [6.45, 7) is 4.70. The number of hydrogen-bond acceptors (Lipinski definition) is 3. The quantitative estimate of drug-likeness (QED) is 0.187. The molecular formula is C47H31N3S. The molecule has 0 spiro atoms. The van der Waals surface area contributed by atoms with E-state index in [1.165, 1.54) is 59.6 Å². The van der Waals surface area contributed by atoms with Gasteiger partial charge in [0.25, 0.3) is 0 Å². The van der Waals surface area contributed by atoms with E-state index in [1.807, 2.05) is 0 Å². The predicted molar refractivity (Wildman–Crippen MR) is 215 cm³/mol. The molecule has 3 nitrogen and oxygen atoms in total. The van der Waals surface area contributed by atoms with Crippen molar-refractivity contribution < 1.29 is 0 Å². The molecule has 10 aromatic rings. The maximum absolute atomic E-state index is 5.52. The molecule has 7 aromatic carbocycles. The Morgan fingerprint density at radius 3 is 2.12 bits per heavy atom. The lowest BCUT2D eigenvalue weighted by Crippen LogP contribution is -2.14. The molecule has 0 unspecified atom stereocenters. The normalized spacial score (nSPS) is 13.5. The van der Waals surface area contributed by atoms with Crippen LogP contribution in [0.3, 0.4) is 0 Å². The van der Waals surface area contributed by atoms with Crippen molar-refractivity contribution in [3.05, 3.63) is 163 Å². The summed E-state index contributed by atoms with van der Waals surface area (Å²) in [5.41, 5.74) is 12.9. The van der Waals surface area contributed by atoms with E-state index >= 15 is 0 Å². The number of aromatic nitrogens is 3. The van der Waals surface area contributed by atoms with E-state index in [-0.39, 0.29) is 5.41 Å². The average molecular weight is 670 g/mol. The van der Waals surface area contributed by atoms with Crippen LogP contribution in [0.25, 0.3) is 92.3 Å². The van der Waals surface area contributed by atoms with Crippen molar-refractivity contribution in [1.82, 2.24) is 14.5 Å². The average Bonchev–Trinajstić information content (AvgIpc) is 3.81. The number of benzene rings is 7. The first-order valence-electron chi connectivity index (χ1n) is 17.5. The number of fused-ring (bicyclic) bond motifs is 11. The zero-order valence-electron chi connectivity index (χ0n) is 28.2. The number of para-hydroxylation sites is 1. The minimum absolute atomic E-state index is 0.0997. The maximum Gasteiger partial charge on any atom is 0.235 e. The molecule has 0 aliphatic heterocycles. The van der Waals surface area contributed by atoms with E-state index in [9.17, 15) is 0 Å². The summed E-state index contributed by atoms with van der Waals surface area (Å²) in [7, 11) is 0. The van der Waals surface area contributed by atoms with Gasteiger partial charge in [-0.25, -0.2) is 9.97 Å². The molecular weight excluding hydrogens is 639 g/mol. The first kappa shape index (κ1) is 28.7. The van der Waals surface area contributed by atoms with Gasteiger partial charge < -0.3 is 0 Å². The van der Waals surface area contributed by atoms with Crippen LogP contribution in [0.2, 0.25) is 0 Å². The molecule has 0 N–H and O–H groups in total. The van der Waals surface area contributed by atoms with Crippen molar-refractivity contribution in [2.24, 2.45) is 0 Å². The topological polar surface area (TPSA) is 30.7 Å². The van der Waals surface area contributed by atoms with Crippen LogP contribution in [0.4, 0.5) is 0 Å². The van der Waals surface area contributed by atoms with Crippen molar-refractivity contribution >= 4 is 64.2 Å². The molecule has 0 saturated heterocycles. The van der Waals surface area contributed by atoms with Crippen LogP contribution in [0, 0.1) is 0 Å². The Morgan fingerprint density at radius 2 is 1.22 bits per heavy atom. The highest BCUT2D eigenvalue weighted by molar-refractivity contribution is 7.26.